The number of ether oxygens (including phenoxy) is 1. The molecule has 2 aromatic rings. The van der Waals surface area contributed by atoms with Crippen molar-refractivity contribution in [3.63, 3.8) is 0 Å². The van der Waals surface area contributed by atoms with E-state index in [4.69, 9.17) is 4.74 Å². The summed E-state index contributed by atoms with van der Waals surface area (Å²) >= 11 is 0. The molecular formula is C16H15NO. The van der Waals surface area contributed by atoms with E-state index in [-0.39, 0.29) is 0 Å². The molecule has 0 aliphatic carbocycles. The van der Waals surface area contributed by atoms with E-state index in [1.54, 1.807) is 7.11 Å². The molecule has 0 spiro atoms. The van der Waals surface area contributed by atoms with Crippen LogP contribution in [0.4, 0.5) is 5.69 Å². The number of nitrogens with one attached hydrogen (secondary N) is 1. The zero-order valence-electron chi connectivity index (χ0n) is 10.3. The molecule has 2 nitrogen and oxygen atoms in total. The zero-order valence-corrected chi connectivity index (χ0v) is 10.3. The number of methoxy groups -OCH3 is 1. The number of hydrogen-bond acceptors (Lipinski definition) is 2. The minimum atomic E-state index is 0.626. The summed E-state index contributed by atoms with van der Waals surface area (Å²) in [5.41, 5.74) is 2.08. The van der Waals surface area contributed by atoms with Crippen LogP contribution in [0.5, 0.6) is 5.75 Å². The molecule has 0 atom stereocenters. The average Bonchev–Trinajstić information content (AvgIpc) is 2.45. The Morgan fingerprint density at radius 3 is 2.39 bits per heavy atom. The topological polar surface area (TPSA) is 21.3 Å². The Bertz CT molecular complexity index is 535. The smallest absolute Gasteiger partial charge is 0.119 e. The zero-order chi connectivity index (χ0) is 12.6. The summed E-state index contributed by atoms with van der Waals surface area (Å²) in [4.78, 5) is 0. The molecule has 2 rings (SSSR count). The molecule has 0 bridgehead atoms. The Labute approximate surface area is 108 Å². The van der Waals surface area contributed by atoms with Crippen LogP contribution in [0.25, 0.3) is 0 Å². The second-order valence-electron chi connectivity index (χ2n) is 3.75. The Morgan fingerprint density at radius 2 is 1.72 bits per heavy atom. The van der Waals surface area contributed by atoms with Crippen LogP contribution in [0.15, 0.2) is 54.6 Å². The largest absolute Gasteiger partial charge is 0.497 e. The van der Waals surface area contributed by atoms with E-state index >= 15 is 0 Å². The summed E-state index contributed by atoms with van der Waals surface area (Å²) in [6.07, 6.45) is 0. The molecule has 0 unspecified atom stereocenters. The highest BCUT2D eigenvalue weighted by molar-refractivity contribution is 5.47. The van der Waals surface area contributed by atoms with Gasteiger partial charge >= 0.3 is 0 Å². The predicted molar refractivity (Wildman–Crippen MR) is 74.8 cm³/mol. The molecule has 2 aromatic carbocycles. The quantitative estimate of drug-likeness (QED) is 0.828. The lowest BCUT2D eigenvalue weighted by atomic mass is 10.2. The molecule has 0 aliphatic heterocycles. The van der Waals surface area contributed by atoms with Crippen molar-refractivity contribution in [3.8, 4) is 17.6 Å². The Morgan fingerprint density at radius 1 is 1.00 bits per heavy atom. The third-order valence-corrected chi connectivity index (χ3v) is 2.48. The van der Waals surface area contributed by atoms with Gasteiger partial charge in [0.25, 0.3) is 0 Å². The third-order valence-electron chi connectivity index (χ3n) is 2.48. The number of benzene rings is 2. The number of rotatable bonds is 3. The summed E-state index contributed by atoms with van der Waals surface area (Å²) in [6, 6.07) is 17.8. The van der Waals surface area contributed by atoms with Gasteiger partial charge in [-0.25, -0.2) is 0 Å². The van der Waals surface area contributed by atoms with Gasteiger partial charge in [-0.3, -0.25) is 0 Å². The molecule has 2 heteroatoms. The van der Waals surface area contributed by atoms with E-state index in [9.17, 15) is 0 Å². The van der Waals surface area contributed by atoms with Crippen LogP contribution in [-0.2, 0) is 0 Å². The van der Waals surface area contributed by atoms with E-state index < -0.39 is 0 Å². The maximum Gasteiger partial charge on any atom is 0.119 e. The molecule has 0 fully saturated rings. The van der Waals surface area contributed by atoms with Crippen LogP contribution in [0.2, 0.25) is 0 Å². The molecule has 0 aromatic heterocycles. The molecule has 90 valence electrons. The van der Waals surface area contributed by atoms with Crippen LogP contribution in [0.3, 0.4) is 0 Å². The van der Waals surface area contributed by atoms with E-state index in [1.807, 2.05) is 54.6 Å². The normalized spacial score (nSPS) is 9.17. The lowest BCUT2D eigenvalue weighted by Crippen LogP contribution is -1.98. The van der Waals surface area contributed by atoms with Crippen molar-refractivity contribution in [3.05, 3.63) is 60.2 Å². The second kappa shape index (κ2) is 6.36. The summed E-state index contributed by atoms with van der Waals surface area (Å²) < 4.78 is 5.10. The van der Waals surface area contributed by atoms with Gasteiger partial charge in [-0.05, 0) is 36.4 Å². The van der Waals surface area contributed by atoms with Crippen molar-refractivity contribution < 1.29 is 4.74 Å². The fraction of sp³-hybridized carbons (Fsp3) is 0.125. The van der Waals surface area contributed by atoms with Gasteiger partial charge in [0.15, 0.2) is 0 Å². The van der Waals surface area contributed by atoms with Crippen molar-refractivity contribution in [2.45, 2.75) is 0 Å². The minimum absolute atomic E-state index is 0.626. The van der Waals surface area contributed by atoms with Gasteiger partial charge in [0, 0.05) is 11.3 Å². The fourth-order valence-electron chi connectivity index (χ4n) is 1.52. The standard InChI is InChI=1S/C16H15NO/c1-18-16-11-9-15(10-12-16)17-13-5-8-14-6-3-2-4-7-14/h2-4,6-7,9-12,17H,13H2,1H3. The summed E-state index contributed by atoms with van der Waals surface area (Å²) in [5, 5.41) is 3.24. The average molecular weight is 237 g/mol. The lowest BCUT2D eigenvalue weighted by Gasteiger charge is -2.03. The van der Waals surface area contributed by atoms with Crippen molar-refractivity contribution >= 4 is 5.69 Å². The van der Waals surface area contributed by atoms with Gasteiger partial charge in [0.2, 0.25) is 0 Å². The highest BCUT2D eigenvalue weighted by Gasteiger charge is 1.91. The molecular weight excluding hydrogens is 222 g/mol. The van der Waals surface area contributed by atoms with E-state index in [0.717, 1.165) is 17.0 Å². The first-order valence-electron chi connectivity index (χ1n) is 5.80. The molecule has 1 N–H and O–H groups in total. The third kappa shape index (κ3) is 3.57. The van der Waals surface area contributed by atoms with Gasteiger partial charge in [-0.15, -0.1) is 0 Å². The molecule has 0 heterocycles. The number of hydrogen-bond donors (Lipinski definition) is 1. The van der Waals surface area contributed by atoms with Gasteiger partial charge in [-0.2, -0.15) is 0 Å². The Hall–Kier alpha value is -2.40. The van der Waals surface area contributed by atoms with Crippen molar-refractivity contribution in [1.29, 1.82) is 0 Å². The number of anilines is 1. The van der Waals surface area contributed by atoms with Crippen LogP contribution < -0.4 is 10.1 Å². The maximum atomic E-state index is 5.10. The second-order valence-corrected chi connectivity index (χ2v) is 3.75. The van der Waals surface area contributed by atoms with Crippen molar-refractivity contribution in [2.24, 2.45) is 0 Å². The monoisotopic (exact) mass is 237 g/mol. The predicted octanol–water partition coefficient (Wildman–Crippen LogP) is 3.16. The van der Waals surface area contributed by atoms with Crippen LogP contribution in [0.1, 0.15) is 5.56 Å². The summed E-state index contributed by atoms with van der Waals surface area (Å²) in [6.45, 7) is 0.626. The van der Waals surface area contributed by atoms with Gasteiger partial charge in [0.1, 0.15) is 5.75 Å². The van der Waals surface area contributed by atoms with E-state index in [2.05, 4.69) is 17.2 Å². The van der Waals surface area contributed by atoms with Crippen LogP contribution >= 0.6 is 0 Å². The van der Waals surface area contributed by atoms with E-state index in [1.165, 1.54) is 0 Å². The lowest BCUT2D eigenvalue weighted by molar-refractivity contribution is 0.415. The van der Waals surface area contributed by atoms with Gasteiger partial charge < -0.3 is 10.1 Å². The molecule has 0 aliphatic rings. The first-order chi connectivity index (χ1) is 8.88. The first-order valence-corrected chi connectivity index (χ1v) is 5.80. The van der Waals surface area contributed by atoms with Crippen molar-refractivity contribution in [1.82, 2.24) is 0 Å². The van der Waals surface area contributed by atoms with Crippen LogP contribution in [0, 0.1) is 11.8 Å². The maximum absolute atomic E-state index is 5.10. The molecule has 0 amide bonds. The Balaban J connectivity index is 1.87. The SMILES string of the molecule is COc1ccc(NCC#Cc2ccccc2)cc1. The minimum Gasteiger partial charge on any atom is -0.497 e. The molecule has 0 radical (unpaired) electrons. The summed E-state index contributed by atoms with van der Waals surface area (Å²) in [7, 11) is 1.66. The molecule has 0 saturated heterocycles. The first kappa shape index (κ1) is 12.1. The van der Waals surface area contributed by atoms with Gasteiger partial charge in [0.05, 0.1) is 13.7 Å². The van der Waals surface area contributed by atoms with E-state index in [0.29, 0.717) is 6.54 Å². The van der Waals surface area contributed by atoms with Crippen molar-refractivity contribution in [2.75, 3.05) is 19.0 Å². The fourth-order valence-corrected chi connectivity index (χ4v) is 1.52. The highest BCUT2D eigenvalue weighted by atomic mass is 16.5. The van der Waals surface area contributed by atoms with Gasteiger partial charge in [-0.1, -0.05) is 30.0 Å². The molecule has 0 saturated carbocycles. The Kier molecular flexibility index (Phi) is 4.27. The van der Waals surface area contributed by atoms with Crippen LogP contribution in [-0.4, -0.2) is 13.7 Å². The highest BCUT2D eigenvalue weighted by Crippen LogP contribution is 2.14. The summed E-state index contributed by atoms with van der Waals surface area (Å²) in [5.74, 6) is 7.04. The molecule has 18 heavy (non-hydrogen) atoms.